The van der Waals surface area contributed by atoms with Gasteiger partial charge in [-0.25, -0.2) is 0 Å². The largest absolute Gasteiger partial charge is 0.493 e. The number of aryl methyl sites for hydroxylation is 1. The van der Waals surface area contributed by atoms with Gasteiger partial charge < -0.3 is 14.0 Å². The molecule has 0 unspecified atom stereocenters. The molecular weight excluding hydrogens is 308 g/mol. The molecule has 130 valence electrons. The van der Waals surface area contributed by atoms with Crippen molar-refractivity contribution in [1.82, 2.24) is 19.9 Å². The monoisotopic (exact) mass is 332 g/mol. The zero-order chi connectivity index (χ0) is 17.1. The Hall–Kier alpha value is -2.12. The maximum absolute atomic E-state index is 5.54. The number of hydrogen-bond acceptors (Lipinski definition) is 7. The lowest BCUT2D eigenvalue weighted by Gasteiger charge is -2.37. The van der Waals surface area contributed by atoms with Crippen LogP contribution in [-0.4, -0.2) is 60.8 Å². The summed E-state index contributed by atoms with van der Waals surface area (Å²) < 4.78 is 16.3. The van der Waals surface area contributed by atoms with Gasteiger partial charge in [-0.3, -0.25) is 9.80 Å². The molecule has 7 heteroatoms. The zero-order valence-corrected chi connectivity index (χ0v) is 14.7. The van der Waals surface area contributed by atoms with Crippen LogP contribution in [0.4, 0.5) is 0 Å². The molecule has 1 aromatic heterocycles. The lowest BCUT2D eigenvalue weighted by atomic mass is 10.1. The van der Waals surface area contributed by atoms with Crippen LogP contribution in [-0.2, 0) is 6.54 Å². The van der Waals surface area contributed by atoms with E-state index in [0.717, 1.165) is 43.2 Å². The first-order valence-corrected chi connectivity index (χ1v) is 8.05. The standard InChI is InChI=1S/C17H24N4O3/c1-12-18-17(24-19-12)14-11-21(9-8-20(14)2)10-13-6-5-7-15(22-3)16(13)23-4/h5-7,14H,8-11H2,1-4H3/t14-/m1/s1. The Labute approximate surface area is 142 Å². The average molecular weight is 332 g/mol. The molecule has 0 saturated carbocycles. The minimum absolute atomic E-state index is 0.108. The van der Waals surface area contributed by atoms with E-state index < -0.39 is 0 Å². The van der Waals surface area contributed by atoms with Crippen LogP contribution < -0.4 is 9.47 Å². The molecule has 24 heavy (non-hydrogen) atoms. The van der Waals surface area contributed by atoms with Gasteiger partial charge in [-0.2, -0.15) is 4.98 Å². The smallest absolute Gasteiger partial charge is 0.245 e. The molecule has 1 aromatic carbocycles. The van der Waals surface area contributed by atoms with E-state index in [0.29, 0.717) is 11.7 Å². The van der Waals surface area contributed by atoms with E-state index in [-0.39, 0.29) is 6.04 Å². The highest BCUT2D eigenvalue weighted by atomic mass is 16.5. The summed E-state index contributed by atoms with van der Waals surface area (Å²) in [6.07, 6.45) is 0. The normalized spacial score (nSPS) is 19.4. The first kappa shape index (κ1) is 16.7. The number of aromatic nitrogens is 2. The number of ether oxygens (including phenoxy) is 2. The molecule has 0 radical (unpaired) electrons. The number of likely N-dealkylation sites (N-methyl/N-ethyl adjacent to an activating group) is 1. The SMILES string of the molecule is COc1cccc(CN2CCN(C)[C@@H](c3nc(C)no3)C2)c1OC. The van der Waals surface area contributed by atoms with Crippen molar-refractivity contribution in [2.75, 3.05) is 40.9 Å². The van der Waals surface area contributed by atoms with E-state index >= 15 is 0 Å². The van der Waals surface area contributed by atoms with Gasteiger partial charge in [0.05, 0.1) is 14.2 Å². The second-order valence-electron chi connectivity index (χ2n) is 6.06. The Morgan fingerprint density at radius 1 is 1.25 bits per heavy atom. The molecule has 3 rings (SSSR count). The summed E-state index contributed by atoms with van der Waals surface area (Å²) in [6, 6.07) is 6.09. The van der Waals surface area contributed by atoms with Crippen LogP contribution in [0.15, 0.2) is 22.7 Å². The van der Waals surface area contributed by atoms with Gasteiger partial charge in [0.25, 0.3) is 0 Å². The molecule has 2 aromatic rings. The molecule has 1 saturated heterocycles. The van der Waals surface area contributed by atoms with Gasteiger partial charge in [0.2, 0.25) is 5.89 Å². The van der Waals surface area contributed by atoms with Gasteiger partial charge in [0.15, 0.2) is 17.3 Å². The number of hydrogen-bond donors (Lipinski definition) is 0. The molecule has 1 aliphatic heterocycles. The van der Waals surface area contributed by atoms with Crippen molar-refractivity contribution < 1.29 is 14.0 Å². The third kappa shape index (κ3) is 3.37. The summed E-state index contributed by atoms with van der Waals surface area (Å²) >= 11 is 0. The van der Waals surface area contributed by atoms with E-state index in [2.05, 4.69) is 33.1 Å². The van der Waals surface area contributed by atoms with Crippen molar-refractivity contribution in [3.05, 3.63) is 35.5 Å². The summed E-state index contributed by atoms with van der Waals surface area (Å²) in [7, 11) is 5.43. The number of piperazine rings is 1. The first-order chi connectivity index (χ1) is 11.6. The highest BCUT2D eigenvalue weighted by Crippen LogP contribution is 2.32. The molecule has 0 amide bonds. The Bertz CT molecular complexity index is 688. The van der Waals surface area contributed by atoms with E-state index in [1.165, 1.54) is 0 Å². The van der Waals surface area contributed by atoms with Crippen LogP contribution in [0.5, 0.6) is 11.5 Å². The van der Waals surface area contributed by atoms with Crippen molar-refractivity contribution in [3.63, 3.8) is 0 Å². The summed E-state index contributed by atoms with van der Waals surface area (Å²) in [5.74, 6) is 2.90. The molecule has 7 nitrogen and oxygen atoms in total. The van der Waals surface area contributed by atoms with Crippen LogP contribution >= 0.6 is 0 Å². The molecule has 1 atom stereocenters. The van der Waals surface area contributed by atoms with E-state index in [4.69, 9.17) is 14.0 Å². The van der Waals surface area contributed by atoms with Crippen LogP contribution in [0.3, 0.4) is 0 Å². The molecule has 0 N–H and O–H groups in total. The lowest BCUT2D eigenvalue weighted by Crippen LogP contribution is -2.46. The molecular formula is C17H24N4O3. The van der Waals surface area contributed by atoms with Crippen molar-refractivity contribution in [1.29, 1.82) is 0 Å². The lowest BCUT2D eigenvalue weighted by molar-refractivity contribution is 0.0709. The maximum atomic E-state index is 5.54. The molecule has 1 fully saturated rings. The molecule has 0 bridgehead atoms. The Morgan fingerprint density at radius 2 is 2.08 bits per heavy atom. The van der Waals surface area contributed by atoms with Crippen LogP contribution in [0.1, 0.15) is 23.3 Å². The number of benzene rings is 1. The summed E-state index contributed by atoms with van der Waals surface area (Å²) in [5, 5.41) is 3.92. The van der Waals surface area contributed by atoms with Gasteiger partial charge in [-0.15, -0.1) is 0 Å². The van der Waals surface area contributed by atoms with Crippen molar-refractivity contribution in [2.24, 2.45) is 0 Å². The number of rotatable bonds is 5. The first-order valence-electron chi connectivity index (χ1n) is 8.05. The zero-order valence-electron chi connectivity index (χ0n) is 14.7. The van der Waals surface area contributed by atoms with Gasteiger partial charge >= 0.3 is 0 Å². The van der Waals surface area contributed by atoms with Gasteiger partial charge in [0.1, 0.15) is 6.04 Å². The van der Waals surface area contributed by atoms with E-state index in [9.17, 15) is 0 Å². The third-order valence-electron chi connectivity index (χ3n) is 4.44. The topological polar surface area (TPSA) is 63.9 Å². The second kappa shape index (κ2) is 7.19. The second-order valence-corrected chi connectivity index (χ2v) is 6.06. The van der Waals surface area contributed by atoms with Crippen molar-refractivity contribution in [3.8, 4) is 11.5 Å². The van der Waals surface area contributed by atoms with Crippen molar-refractivity contribution in [2.45, 2.75) is 19.5 Å². The number of nitrogens with zero attached hydrogens (tertiary/aromatic N) is 4. The average Bonchev–Trinajstić information content (AvgIpc) is 3.02. The van der Waals surface area contributed by atoms with Gasteiger partial charge in [0, 0.05) is 31.7 Å². The van der Waals surface area contributed by atoms with Crippen molar-refractivity contribution >= 4 is 0 Å². The fourth-order valence-electron chi connectivity index (χ4n) is 3.11. The van der Waals surface area contributed by atoms with Gasteiger partial charge in [-0.1, -0.05) is 17.3 Å². The van der Waals surface area contributed by atoms with Crippen LogP contribution in [0.25, 0.3) is 0 Å². The third-order valence-corrected chi connectivity index (χ3v) is 4.44. The number of methoxy groups -OCH3 is 2. The fourth-order valence-corrected chi connectivity index (χ4v) is 3.11. The summed E-state index contributed by atoms with van der Waals surface area (Å²) in [4.78, 5) is 9.03. The highest BCUT2D eigenvalue weighted by molar-refractivity contribution is 5.46. The van der Waals surface area contributed by atoms with E-state index in [1.807, 2.05) is 19.1 Å². The van der Waals surface area contributed by atoms with Gasteiger partial charge in [-0.05, 0) is 20.0 Å². The number of para-hydroxylation sites is 1. The Morgan fingerprint density at radius 3 is 2.75 bits per heavy atom. The Balaban J connectivity index is 1.76. The minimum Gasteiger partial charge on any atom is -0.493 e. The molecule has 0 aliphatic carbocycles. The quantitative estimate of drug-likeness (QED) is 0.828. The predicted molar refractivity (Wildman–Crippen MR) is 89.2 cm³/mol. The highest BCUT2D eigenvalue weighted by Gasteiger charge is 2.30. The predicted octanol–water partition coefficient (Wildman–Crippen LogP) is 1.88. The fraction of sp³-hybridized carbons (Fsp3) is 0.529. The minimum atomic E-state index is 0.108. The molecule has 2 heterocycles. The maximum Gasteiger partial charge on any atom is 0.245 e. The molecule has 0 spiro atoms. The summed E-state index contributed by atoms with van der Waals surface area (Å²) in [6.45, 7) is 5.38. The molecule has 1 aliphatic rings. The summed E-state index contributed by atoms with van der Waals surface area (Å²) in [5.41, 5.74) is 1.11. The van der Waals surface area contributed by atoms with E-state index in [1.54, 1.807) is 14.2 Å². The van der Waals surface area contributed by atoms with Crippen LogP contribution in [0.2, 0.25) is 0 Å². The van der Waals surface area contributed by atoms with Crippen LogP contribution in [0, 0.1) is 6.92 Å². The Kier molecular flexibility index (Phi) is 5.01.